The van der Waals surface area contributed by atoms with Crippen molar-refractivity contribution in [3.63, 3.8) is 0 Å². The van der Waals surface area contributed by atoms with Crippen molar-refractivity contribution in [3.05, 3.63) is 0 Å². The van der Waals surface area contributed by atoms with Crippen molar-refractivity contribution < 1.29 is 19.0 Å². The van der Waals surface area contributed by atoms with Crippen LogP contribution in [0.1, 0.15) is 46.5 Å². The third-order valence-electron chi connectivity index (χ3n) is 6.09. The molecular weight excluding hydrogens is 256 g/mol. The van der Waals surface area contributed by atoms with E-state index in [-0.39, 0.29) is 30.4 Å². The molecule has 3 rings (SSSR count). The molecule has 2 bridgehead atoms. The number of carbonyl (C=O) groups is 1. The summed E-state index contributed by atoms with van der Waals surface area (Å²) in [6.07, 6.45) is 4.57. The first-order valence-electron chi connectivity index (χ1n) is 7.97. The van der Waals surface area contributed by atoms with E-state index in [4.69, 9.17) is 14.2 Å². The van der Waals surface area contributed by atoms with Crippen LogP contribution >= 0.6 is 0 Å². The molecule has 6 unspecified atom stereocenters. The van der Waals surface area contributed by atoms with Gasteiger partial charge in [-0.25, -0.2) is 0 Å². The first-order valence-corrected chi connectivity index (χ1v) is 7.97. The highest BCUT2D eigenvalue weighted by Gasteiger charge is 2.63. The molecule has 6 atom stereocenters. The SMILES string of the molecule is CCC(C)C(=O)OCOC1OCC2C3CCC(C3)C12C. The Labute approximate surface area is 121 Å². The summed E-state index contributed by atoms with van der Waals surface area (Å²) >= 11 is 0. The van der Waals surface area contributed by atoms with Gasteiger partial charge in [0.15, 0.2) is 13.1 Å². The summed E-state index contributed by atoms with van der Waals surface area (Å²) in [5, 5.41) is 0. The second kappa shape index (κ2) is 5.30. The van der Waals surface area contributed by atoms with Crippen LogP contribution in [-0.2, 0) is 19.0 Å². The molecule has 114 valence electrons. The minimum Gasteiger partial charge on any atom is -0.438 e. The minimum absolute atomic E-state index is 0.0214. The second-order valence-electron chi connectivity index (χ2n) is 6.97. The zero-order chi connectivity index (χ0) is 14.3. The monoisotopic (exact) mass is 282 g/mol. The van der Waals surface area contributed by atoms with Gasteiger partial charge in [0.2, 0.25) is 0 Å². The fraction of sp³-hybridized carbons (Fsp3) is 0.938. The van der Waals surface area contributed by atoms with E-state index in [0.717, 1.165) is 24.9 Å². The molecule has 20 heavy (non-hydrogen) atoms. The third-order valence-corrected chi connectivity index (χ3v) is 6.09. The Hall–Kier alpha value is -0.610. The topological polar surface area (TPSA) is 44.8 Å². The molecule has 4 nitrogen and oxygen atoms in total. The van der Waals surface area contributed by atoms with E-state index >= 15 is 0 Å². The molecule has 1 aliphatic heterocycles. The highest BCUT2D eigenvalue weighted by Crippen LogP contribution is 2.64. The predicted octanol–water partition coefficient (Wildman–Crippen LogP) is 2.96. The summed E-state index contributed by atoms with van der Waals surface area (Å²) in [6.45, 7) is 6.99. The standard InChI is InChI=1S/C16H26O4/c1-4-10(2)14(17)19-9-20-15-16(3)12-6-5-11(7-12)13(16)8-18-15/h10-13,15H,4-9H2,1-3H3. The van der Waals surface area contributed by atoms with Gasteiger partial charge in [0.25, 0.3) is 0 Å². The average Bonchev–Trinajstić information content (AvgIpc) is 3.10. The van der Waals surface area contributed by atoms with Gasteiger partial charge in [-0.05, 0) is 43.4 Å². The maximum Gasteiger partial charge on any atom is 0.310 e. The molecule has 0 aromatic carbocycles. The van der Waals surface area contributed by atoms with Crippen molar-refractivity contribution in [3.8, 4) is 0 Å². The highest BCUT2D eigenvalue weighted by molar-refractivity contribution is 5.71. The number of hydrogen-bond acceptors (Lipinski definition) is 4. The van der Waals surface area contributed by atoms with Crippen LogP contribution < -0.4 is 0 Å². The Kier molecular flexibility index (Phi) is 3.80. The molecule has 4 heteroatoms. The predicted molar refractivity (Wildman–Crippen MR) is 73.7 cm³/mol. The molecule has 0 aromatic rings. The number of hydrogen-bond donors (Lipinski definition) is 0. The Morgan fingerprint density at radius 1 is 1.45 bits per heavy atom. The Bertz CT molecular complexity index is 383. The van der Waals surface area contributed by atoms with Crippen LogP contribution in [0.3, 0.4) is 0 Å². The number of rotatable bonds is 5. The summed E-state index contributed by atoms with van der Waals surface area (Å²) in [5.74, 6) is 1.93. The molecule has 2 aliphatic carbocycles. The van der Waals surface area contributed by atoms with Crippen molar-refractivity contribution >= 4 is 5.97 Å². The molecule has 1 saturated heterocycles. The molecule has 3 aliphatic rings. The summed E-state index contributed by atoms with van der Waals surface area (Å²) in [7, 11) is 0. The first-order chi connectivity index (χ1) is 9.57. The van der Waals surface area contributed by atoms with Crippen molar-refractivity contribution in [1.82, 2.24) is 0 Å². The third kappa shape index (κ3) is 2.08. The van der Waals surface area contributed by atoms with Crippen molar-refractivity contribution in [2.75, 3.05) is 13.4 Å². The normalized spacial score (nSPS) is 43.5. The first kappa shape index (κ1) is 14.3. The van der Waals surface area contributed by atoms with Crippen molar-refractivity contribution in [2.45, 2.75) is 52.7 Å². The maximum atomic E-state index is 11.6. The molecule has 0 N–H and O–H groups in total. The largest absolute Gasteiger partial charge is 0.438 e. The molecule has 2 saturated carbocycles. The number of carbonyl (C=O) groups excluding carboxylic acids is 1. The molecular formula is C16H26O4. The second-order valence-corrected chi connectivity index (χ2v) is 6.97. The lowest BCUT2D eigenvalue weighted by molar-refractivity contribution is -0.218. The van der Waals surface area contributed by atoms with Crippen LogP contribution in [0.5, 0.6) is 0 Å². The maximum absolute atomic E-state index is 11.6. The molecule has 0 aromatic heterocycles. The van der Waals surface area contributed by atoms with Gasteiger partial charge in [0.05, 0.1) is 12.5 Å². The molecule has 3 fully saturated rings. The van der Waals surface area contributed by atoms with E-state index < -0.39 is 0 Å². The zero-order valence-electron chi connectivity index (χ0n) is 12.8. The van der Waals surface area contributed by atoms with Gasteiger partial charge < -0.3 is 14.2 Å². The Balaban J connectivity index is 1.53. The van der Waals surface area contributed by atoms with Gasteiger partial charge in [0.1, 0.15) is 0 Å². The molecule has 0 spiro atoms. The molecule has 1 heterocycles. The van der Waals surface area contributed by atoms with Crippen LogP contribution in [0.4, 0.5) is 0 Å². The highest BCUT2D eigenvalue weighted by atomic mass is 16.8. The van der Waals surface area contributed by atoms with E-state index in [9.17, 15) is 4.79 Å². The van der Waals surface area contributed by atoms with Gasteiger partial charge in [-0.3, -0.25) is 4.79 Å². The number of ether oxygens (including phenoxy) is 3. The van der Waals surface area contributed by atoms with Crippen molar-refractivity contribution in [2.24, 2.45) is 29.1 Å². The van der Waals surface area contributed by atoms with Crippen LogP contribution in [0, 0.1) is 29.1 Å². The Morgan fingerprint density at radius 2 is 2.25 bits per heavy atom. The van der Waals surface area contributed by atoms with E-state index in [1.54, 1.807) is 0 Å². The molecule has 0 amide bonds. The van der Waals surface area contributed by atoms with Crippen LogP contribution in [0.25, 0.3) is 0 Å². The summed E-state index contributed by atoms with van der Waals surface area (Å²) in [4.78, 5) is 11.6. The quantitative estimate of drug-likeness (QED) is 0.574. The fourth-order valence-electron chi connectivity index (χ4n) is 4.50. The lowest BCUT2D eigenvalue weighted by Gasteiger charge is -2.38. The zero-order valence-corrected chi connectivity index (χ0v) is 12.8. The summed E-state index contributed by atoms with van der Waals surface area (Å²) in [6, 6.07) is 0. The summed E-state index contributed by atoms with van der Waals surface area (Å²) < 4.78 is 16.8. The van der Waals surface area contributed by atoms with Gasteiger partial charge in [-0.2, -0.15) is 0 Å². The number of fused-ring (bicyclic) bond motifs is 5. The van der Waals surface area contributed by atoms with Crippen LogP contribution in [0.2, 0.25) is 0 Å². The van der Waals surface area contributed by atoms with Gasteiger partial charge in [0, 0.05) is 5.41 Å². The minimum atomic E-state index is -0.201. The van der Waals surface area contributed by atoms with Gasteiger partial charge >= 0.3 is 5.97 Å². The number of esters is 1. The summed E-state index contributed by atoms with van der Waals surface area (Å²) in [5.41, 5.74) is 0.131. The fourth-order valence-corrected chi connectivity index (χ4v) is 4.50. The van der Waals surface area contributed by atoms with Crippen LogP contribution in [-0.4, -0.2) is 25.7 Å². The smallest absolute Gasteiger partial charge is 0.310 e. The lowest BCUT2D eigenvalue weighted by atomic mass is 9.68. The average molecular weight is 282 g/mol. The van der Waals surface area contributed by atoms with E-state index in [0.29, 0.717) is 5.92 Å². The molecule has 0 radical (unpaired) electrons. The van der Waals surface area contributed by atoms with Crippen LogP contribution in [0.15, 0.2) is 0 Å². The lowest BCUT2D eigenvalue weighted by Crippen LogP contribution is -2.40. The van der Waals surface area contributed by atoms with Gasteiger partial charge in [-0.1, -0.05) is 20.8 Å². The Morgan fingerprint density at radius 3 is 3.00 bits per heavy atom. The van der Waals surface area contributed by atoms with E-state index in [1.165, 1.54) is 19.3 Å². The van der Waals surface area contributed by atoms with E-state index in [1.807, 2.05) is 13.8 Å². The van der Waals surface area contributed by atoms with Gasteiger partial charge in [-0.15, -0.1) is 0 Å². The van der Waals surface area contributed by atoms with E-state index in [2.05, 4.69) is 6.92 Å². The van der Waals surface area contributed by atoms with Crippen molar-refractivity contribution in [1.29, 1.82) is 0 Å².